The summed E-state index contributed by atoms with van der Waals surface area (Å²) in [7, 11) is -4.50. The molecule has 4 nitrogen and oxygen atoms in total. The number of nitrogens with zero attached hydrogens (tertiary/aromatic N) is 1. The Morgan fingerprint density at radius 2 is 1.71 bits per heavy atom. The number of benzene rings is 2. The van der Waals surface area contributed by atoms with E-state index in [9.17, 15) is 21.6 Å². The summed E-state index contributed by atoms with van der Waals surface area (Å²) in [4.78, 5) is -0.939. The zero-order valence-electron chi connectivity index (χ0n) is 10.3. The normalized spacial score (nSPS) is 11.0. The smallest absolute Gasteiger partial charge is 0.265 e. The van der Waals surface area contributed by atoms with Crippen molar-refractivity contribution in [2.45, 2.75) is 4.90 Å². The summed E-state index contributed by atoms with van der Waals surface area (Å²) in [6.07, 6.45) is 0. The standard InChI is InChI=1S/C13H7F3N2O2S/c14-9-2-3-10(15)13(6-9)21(19,20)18-12-4-1-8(7-17)5-11(12)16/h1-6,18H. The quantitative estimate of drug-likeness (QED) is 0.947. The van der Waals surface area contributed by atoms with Crippen LogP contribution in [0, 0.1) is 28.8 Å². The SMILES string of the molecule is N#Cc1ccc(NS(=O)(=O)c2cc(F)ccc2F)c(F)c1. The molecule has 0 unspecified atom stereocenters. The van der Waals surface area contributed by atoms with Crippen molar-refractivity contribution >= 4 is 15.7 Å². The summed E-state index contributed by atoms with van der Waals surface area (Å²) in [6.45, 7) is 0. The third-order valence-electron chi connectivity index (χ3n) is 2.53. The van der Waals surface area contributed by atoms with Gasteiger partial charge in [-0.25, -0.2) is 21.6 Å². The van der Waals surface area contributed by atoms with E-state index in [-0.39, 0.29) is 5.56 Å². The number of nitrogens with one attached hydrogen (secondary N) is 1. The van der Waals surface area contributed by atoms with Gasteiger partial charge in [-0.3, -0.25) is 4.72 Å². The van der Waals surface area contributed by atoms with Gasteiger partial charge in [0.2, 0.25) is 0 Å². The van der Waals surface area contributed by atoms with E-state index >= 15 is 0 Å². The zero-order chi connectivity index (χ0) is 15.6. The van der Waals surface area contributed by atoms with Gasteiger partial charge in [-0.1, -0.05) is 0 Å². The van der Waals surface area contributed by atoms with Crippen molar-refractivity contribution in [1.29, 1.82) is 5.26 Å². The summed E-state index contributed by atoms with van der Waals surface area (Å²) in [5, 5.41) is 8.58. The minimum absolute atomic E-state index is 0.00705. The van der Waals surface area contributed by atoms with E-state index in [1.807, 2.05) is 0 Å². The van der Waals surface area contributed by atoms with Crippen LogP contribution in [0.5, 0.6) is 0 Å². The number of anilines is 1. The molecule has 2 aromatic rings. The first-order valence-corrected chi connectivity index (χ1v) is 6.99. The molecule has 0 aromatic heterocycles. The fourth-order valence-corrected chi connectivity index (χ4v) is 2.71. The Kier molecular flexibility index (Phi) is 3.86. The van der Waals surface area contributed by atoms with E-state index in [1.165, 1.54) is 6.07 Å². The van der Waals surface area contributed by atoms with Gasteiger partial charge in [0.25, 0.3) is 10.0 Å². The largest absolute Gasteiger partial charge is 0.277 e. The molecular formula is C13H7F3N2O2S. The van der Waals surface area contributed by atoms with Crippen LogP contribution in [-0.4, -0.2) is 8.42 Å². The molecule has 0 saturated carbocycles. The van der Waals surface area contributed by atoms with Gasteiger partial charge in [-0.15, -0.1) is 0 Å². The molecule has 0 atom stereocenters. The second kappa shape index (κ2) is 5.46. The molecule has 0 heterocycles. The zero-order valence-corrected chi connectivity index (χ0v) is 11.1. The molecule has 0 aliphatic carbocycles. The van der Waals surface area contributed by atoms with Crippen molar-refractivity contribution in [3.8, 4) is 6.07 Å². The third-order valence-corrected chi connectivity index (χ3v) is 3.91. The summed E-state index contributed by atoms with van der Waals surface area (Å²) >= 11 is 0. The predicted molar refractivity (Wildman–Crippen MR) is 68.3 cm³/mol. The molecule has 0 saturated heterocycles. The monoisotopic (exact) mass is 312 g/mol. The molecular weight excluding hydrogens is 305 g/mol. The van der Waals surface area contributed by atoms with Crippen molar-refractivity contribution < 1.29 is 21.6 Å². The lowest BCUT2D eigenvalue weighted by atomic mass is 10.2. The average molecular weight is 312 g/mol. The summed E-state index contributed by atoms with van der Waals surface area (Å²) in [6, 6.07) is 6.60. The van der Waals surface area contributed by atoms with Crippen LogP contribution in [-0.2, 0) is 10.0 Å². The van der Waals surface area contributed by atoms with Crippen LogP contribution in [0.3, 0.4) is 0 Å². The Bertz CT molecular complexity index is 845. The maximum atomic E-state index is 13.6. The minimum atomic E-state index is -4.50. The van der Waals surface area contributed by atoms with Gasteiger partial charge in [0.05, 0.1) is 17.3 Å². The minimum Gasteiger partial charge on any atom is -0.277 e. The fraction of sp³-hybridized carbons (Fsp3) is 0. The van der Waals surface area contributed by atoms with Gasteiger partial charge in [0.15, 0.2) is 0 Å². The summed E-state index contributed by atoms with van der Waals surface area (Å²) in [5.41, 5.74) is -0.481. The van der Waals surface area contributed by atoms with Crippen molar-refractivity contribution in [3.05, 3.63) is 59.4 Å². The third kappa shape index (κ3) is 3.14. The molecule has 0 aliphatic rings. The van der Waals surface area contributed by atoms with Crippen molar-refractivity contribution in [3.63, 3.8) is 0 Å². The van der Waals surface area contributed by atoms with E-state index in [0.29, 0.717) is 12.1 Å². The van der Waals surface area contributed by atoms with E-state index in [1.54, 1.807) is 10.8 Å². The topological polar surface area (TPSA) is 70.0 Å². The van der Waals surface area contributed by atoms with Crippen LogP contribution in [0.1, 0.15) is 5.56 Å². The highest BCUT2D eigenvalue weighted by molar-refractivity contribution is 7.92. The van der Waals surface area contributed by atoms with Crippen LogP contribution < -0.4 is 4.72 Å². The van der Waals surface area contributed by atoms with Crippen LogP contribution in [0.25, 0.3) is 0 Å². The van der Waals surface area contributed by atoms with Crippen molar-refractivity contribution in [2.75, 3.05) is 4.72 Å². The highest BCUT2D eigenvalue weighted by atomic mass is 32.2. The molecule has 2 aromatic carbocycles. The molecule has 8 heteroatoms. The highest BCUT2D eigenvalue weighted by Gasteiger charge is 2.21. The van der Waals surface area contributed by atoms with Gasteiger partial charge in [0.1, 0.15) is 22.3 Å². The van der Waals surface area contributed by atoms with Gasteiger partial charge < -0.3 is 0 Å². The van der Waals surface area contributed by atoms with Crippen LogP contribution in [0.15, 0.2) is 41.3 Å². The average Bonchev–Trinajstić information content (AvgIpc) is 2.43. The number of hydrogen-bond donors (Lipinski definition) is 1. The Labute approximate surface area is 118 Å². The van der Waals surface area contributed by atoms with E-state index < -0.39 is 38.1 Å². The first kappa shape index (κ1) is 14.9. The first-order valence-electron chi connectivity index (χ1n) is 5.51. The Hall–Kier alpha value is -2.53. The van der Waals surface area contributed by atoms with Gasteiger partial charge in [-0.2, -0.15) is 5.26 Å². The lowest BCUT2D eigenvalue weighted by Gasteiger charge is -2.10. The fourth-order valence-electron chi connectivity index (χ4n) is 1.55. The predicted octanol–water partition coefficient (Wildman–Crippen LogP) is 2.78. The molecule has 0 amide bonds. The number of hydrogen-bond acceptors (Lipinski definition) is 3. The van der Waals surface area contributed by atoms with Crippen molar-refractivity contribution in [2.24, 2.45) is 0 Å². The van der Waals surface area contributed by atoms with Crippen LogP contribution in [0.4, 0.5) is 18.9 Å². The highest BCUT2D eigenvalue weighted by Crippen LogP contribution is 2.22. The first-order chi connectivity index (χ1) is 9.83. The van der Waals surface area contributed by atoms with Crippen molar-refractivity contribution in [1.82, 2.24) is 0 Å². The van der Waals surface area contributed by atoms with E-state index in [4.69, 9.17) is 5.26 Å². The molecule has 1 N–H and O–H groups in total. The lowest BCUT2D eigenvalue weighted by Crippen LogP contribution is -2.15. The molecule has 108 valence electrons. The van der Waals surface area contributed by atoms with Gasteiger partial charge >= 0.3 is 0 Å². The maximum absolute atomic E-state index is 13.6. The van der Waals surface area contributed by atoms with Crippen LogP contribution >= 0.6 is 0 Å². The molecule has 0 aliphatic heterocycles. The second-order valence-electron chi connectivity index (χ2n) is 3.99. The number of halogens is 3. The molecule has 0 bridgehead atoms. The van der Waals surface area contributed by atoms with Gasteiger partial charge in [-0.05, 0) is 36.4 Å². The Balaban J connectivity index is 2.43. The van der Waals surface area contributed by atoms with E-state index in [0.717, 1.165) is 18.2 Å². The molecule has 0 radical (unpaired) electrons. The Morgan fingerprint density at radius 3 is 2.33 bits per heavy atom. The molecule has 0 fully saturated rings. The maximum Gasteiger partial charge on any atom is 0.265 e. The van der Waals surface area contributed by atoms with Gasteiger partial charge in [0, 0.05) is 0 Å². The molecule has 0 spiro atoms. The number of sulfonamides is 1. The summed E-state index contributed by atoms with van der Waals surface area (Å²) < 4.78 is 65.8. The molecule has 2 rings (SSSR count). The molecule has 21 heavy (non-hydrogen) atoms. The Morgan fingerprint density at radius 1 is 1.00 bits per heavy atom. The van der Waals surface area contributed by atoms with Crippen LogP contribution in [0.2, 0.25) is 0 Å². The van der Waals surface area contributed by atoms with E-state index in [2.05, 4.69) is 0 Å². The number of rotatable bonds is 3. The lowest BCUT2D eigenvalue weighted by molar-refractivity contribution is 0.555. The number of nitriles is 1. The summed E-state index contributed by atoms with van der Waals surface area (Å²) in [5.74, 6) is -3.12. The second-order valence-corrected chi connectivity index (χ2v) is 5.64.